The first-order valence-electron chi connectivity index (χ1n) is 13.6. The largest absolute Gasteiger partial charge is 0.497 e. The Morgan fingerprint density at radius 1 is 0.795 bits per heavy atom. The average Bonchev–Trinajstić information content (AvgIpc) is 3.00. The molecule has 1 atom stereocenters. The van der Waals surface area contributed by atoms with E-state index in [0.29, 0.717) is 18.0 Å². The van der Waals surface area contributed by atoms with Crippen molar-refractivity contribution in [3.8, 4) is 11.6 Å². The lowest BCUT2D eigenvalue weighted by Gasteiger charge is -2.38. The molecule has 2 heterocycles. The van der Waals surface area contributed by atoms with Crippen LogP contribution < -0.4 is 14.8 Å². The van der Waals surface area contributed by atoms with Crippen LogP contribution in [0.4, 0.5) is 5.82 Å². The van der Waals surface area contributed by atoms with E-state index in [2.05, 4.69) is 93.2 Å². The molecule has 0 radical (unpaired) electrons. The van der Waals surface area contributed by atoms with Gasteiger partial charge in [0.15, 0.2) is 5.82 Å². The summed E-state index contributed by atoms with van der Waals surface area (Å²) in [6.45, 7) is 2.02. The molecule has 39 heavy (non-hydrogen) atoms. The molecule has 6 heteroatoms. The average molecular weight is 519 g/mol. The summed E-state index contributed by atoms with van der Waals surface area (Å²) in [5, 5.41) is 16.9. The summed E-state index contributed by atoms with van der Waals surface area (Å²) < 4.78 is 10.9. The second-order valence-corrected chi connectivity index (χ2v) is 10.2. The number of anilines is 1. The number of hydrogen-bond acceptors (Lipinski definition) is 6. The number of aromatic nitrogens is 2. The highest BCUT2D eigenvalue weighted by molar-refractivity contribution is 5.95. The molecule has 6 rings (SSSR count). The standard InChI is InChI=1S/C33H34N4O2/c1-38-28-14-15-29-30(22-28)33(39-2)36-35-32(29)34-27-16-18-37(19-17-27)31(20-23-8-4-3-5-9-23)26-13-12-24-10-6-7-11-25(24)21-26/h3-15,21-22,27,31H,16-20H2,1-2H3,(H,34,35). The van der Waals surface area contributed by atoms with E-state index in [9.17, 15) is 0 Å². The van der Waals surface area contributed by atoms with Crippen LogP contribution in [0.1, 0.15) is 30.0 Å². The second-order valence-electron chi connectivity index (χ2n) is 10.2. The maximum atomic E-state index is 5.47. The van der Waals surface area contributed by atoms with E-state index in [1.54, 1.807) is 14.2 Å². The first kappa shape index (κ1) is 25.1. The zero-order chi connectivity index (χ0) is 26.6. The number of fused-ring (bicyclic) bond motifs is 2. The van der Waals surface area contributed by atoms with Crippen molar-refractivity contribution < 1.29 is 9.47 Å². The number of ether oxygens (including phenoxy) is 2. The lowest BCUT2D eigenvalue weighted by Crippen LogP contribution is -2.41. The van der Waals surface area contributed by atoms with Crippen LogP contribution in [0, 0.1) is 0 Å². The molecule has 6 nitrogen and oxygen atoms in total. The predicted molar refractivity (Wildman–Crippen MR) is 158 cm³/mol. The Bertz CT molecular complexity index is 1560. The smallest absolute Gasteiger partial charge is 0.241 e. The van der Waals surface area contributed by atoms with Gasteiger partial charge in [0.2, 0.25) is 5.88 Å². The third kappa shape index (κ3) is 5.38. The van der Waals surface area contributed by atoms with Crippen LogP contribution in [-0.4, -0.2) is 48.4 Å². The number of likely N-dealkylation sites (tertiary alicyclic amines) is 1. The third-order valence-corrected chi connectivity index (χ3v) is 7.89. The number of nitrogens with one attached hydrogen (secondary N) is 1. The van der Waals surface area contributed by atoms with Gasteiger partial charge < -0.3 is 14.8 Å². The zero-order valence-corrected chi connectivity index (χ0v) is 22.5. The molecule has 1 aliphatic heterocycles. The van der Waals surface area contributed by atoms with E-state index in [0.717, 1.165) is 54.7 Å². The van der Waals surface area contributed by atoms with E-state index < -0.39 is 0 Å². The molecule has 1 N–H and O–H groups in total. The van der Waals surface area contributed by atoms with E-state index >= 15 is 0 Å². The molecular formula is C33H34N4O2. The van der Waals surface area contributed by atoms with Gasteiger partial charge in [0.05, 0.1) is 19.6 Å². The summed E-state index contributed by atoms with van der Waals surface area (Å²) in [4.78, 5) is 2.65. The zero-order valence-electron chi connectivity index (χ0n) is 22.5. The van der Waals surface area contributed by atoms with Crippen molar-refractivity contribution in [2.75, 3.05) is 32.6 Å². The first-order valence-corrected chi connectivity index (χ1v) is 13.6. The van der Waals surface area contributed by atoms with E-state index in [1.807, 2.05) is 18.2 Å². The van der Waals surface area contributed by atoms with E-state index in [1.165, 1.54) is 21.9 Å². The summed E-state index contributed by atoms with van der Waals surface area (Å²) in [5.74, 6) is 2.07. The third-order valence-electron chi connectivity index (χ3n) is 7.89. The van der Waals surface area contributed by atoms with Crippen LogP contribution in [0.2, 0.25) is 0 Å². The Balaban J connectivity index is 1.22. The van der Waals surface area contributed by atoms with Crippen LogP contribution in [0.25, 0.3) is 21.5 Å². The van der Waals surface area contributed by atoms with Gasteiger partial charge in [0.1, 0.15) is 5.75 Å². The fourth-order valence-electron chi connectivity index (χ4n) is 5.75. The quantitative estimate of drug-likeness (QED) is 0.248. The Morgan fingerprint density at radius 2 is 1.56 bits per heavy atom. The molecule has 0 spiro atoms. The second kappa shape index (κ2) is 11.3. The fraction of sp³-hybridized carbons (Fsp3) is 0.273. The molecule has 1 aliphatic rings. The summed E-state index contributed by atoms with van der Waals surface area (Å²) in [6, 6.07) is 33.0. The Kier molecular flexibility index (Phi) is 7.28. The lowest BCUT2D eigenvalue weighted by molar-refractivity contribution is 0.156. The Labute approximate surface area is 229 Å². The molecule has 0 bridgehead atoms. The van der Waals surface area contributed by atoms with Crippen LogP contribution in [-0.2, 0) is 6.42 Å². The minimum absolute atomic E-state index is 0.322. The summed E-state index contributed by atoms with van der Waals surface area (Å²) in [6.07, 6.45) is 3.06. The van der Waals surface area contributed by atoms with Crippen LogP contribution in [0.15, 0.2) is 91.0 Å². The van der Waals surface area contributed by atoms with Crippen molar-refractivity contribution in [3.05, 3.63) is 102 Å². The normalized spacial score (nSPS) is 15.3. The minimum Gasteiger partial charge on any atom is -0.497 e. The maximum absolute atomic E-state index is 5.47. The van der Waals surface area contributed by atoms with E-state index in [4.69, 9.17) is 9.47 Å². The molecule has 0 amide bonds. The highest BCUT2D eigenvalue weighted by atomic mass is 16.5. The molecule has 0 aliphatic carbocycles. The van der Waals surface area contributed by atoms with Crippen LogP contribution in [0.3, 0.4) is 0 Å². The van der Waals surface area contributed by atoms with Gasteiger partial charge in [-0.1, -0.05) is 66.7 Å². The molecule has 1 fully saturated rings. The van der Waals surface area contributed by atoms with Crippen molar-refractivity contribution in [2.24, 2.45) is 0 Å². The molecule has 5 aromatic rings. The molecule has 1 saturated heterocycles. The minimum atomic E-state index is 0.322. The number of nitrogens with zero attached hydrogens (tertiary/aromatic N) is 3. The summed E-state index contributed by atoms with van der Waals surface area (Å²) >= 11 is 0. The van der Waals surface area contributed by atoms with Gasteiger partial charge in [-0.15, -0.1) is 10.2 Å². The van der Waals surface area contributed by atoms with Gasteiger partial charge in [0.25, 0.3) is 0 Å². The Morgan fingerprint density at radius 3 is 2.33 bits per heavy atom. The lowest BCUT2D eigenvalue weighted by atomic mass is 9.93. The predicted octanol–water partition coefficient (Wildman–Crippen LogP) is 6.66. The molecular weight excluding hydrogens is 484 g/mol. The summed E-state index contributed by atoms with van der Waals surface area (Å²) in [5.41, 5.74) is 2.75. The van der Waals surface area contributed by atoms with Gasteiger partial charge >= 0.3 is 0 Å². The van der Waals surface area contributed by atoms with Crippen molar-refractivity contribution in [2.45, 2.75) is 31.3 Å². The highest BCUT2D eigenvalue weighted by Gasteiger charge is 2.27. The number of hydrogen-bond donors (Lipinski definition) is 1. The van der Waals surface area contributed by atoms with Crippen LogP contribution in [0.5, 0.6) is 11.6 Å². The number of benzene rings is 4. The van der Waals surface area contributed by atoms with Gasteiger partial charge in [0, 0.05) is 30.6 Å². The van der Waals surface area contributed by atoms with Crippen molar-refractivity contribution >= 4 is 27.4 Å². The van der Waals surface area contributed by atoms with Crippen molar-refractivity contribution in [1.29, 1.82) is 0 Å². The number of rotatable bonds is 8. The van der Waals surface area contributed by atoms with Gasteiger partial charge in [-0.2, -0.15) is 0 Å². The molecule has 4 aromatic carbocycles. The molecule has 198 valence electrons. The summed E-state index contributed by atoms with van der Waals surface area (Å²) in [7, 11) is 3.28. The Hall–Kier alpha value is -4.16. The highest BCUT2D eigenvalue weighted by Crippen LogP contribution is 2.34. The number of piperidine rings is 1. The topological polar surface area (TPSA) is 59.5 Å². The van der Waals surface area contributed by atoms with Gasteiger partial charge in [-0.05, 0) is 65.4 Å². The van der Waals surface area contributed by atoms with E-state index in [-0.39, 0.29) is 0 Å². The molecule has 1 aromatic heterocycles. The number of methoxy groups -OCH3 is 2. The molecule has 1 unspecified atom stereocenters. The first-order chi connectivity index (χ1) is 19.2. The monoisotopic (exact) mass is 518 g/mol. The maximum Gasteiger partial charge on any atom is 0.241 e. The SMILES string of the molecule is COc1ccc2c(NC3CCN(C(Cc4ccccc4)c4ccc5ccccc5c4)CC3)nnc(OC)c2c1. The van der Waals surface area contributed by atoms with Gasteiger partial charge in [-0.3, -0.25) is 4.90 Å². The fourth-order valence-corrected chi connectivity index (χ4v) is 5.75. The van der Waals surface area contributed by atoms with Crippen LogP contribution >= 0.6 is 0 Å². The van der Waals surface area contributed by atoms with Crippen molar-refractivity contribution in [1.82, 2.24) is 15.1 Å². The van der Waals surface area contributed by atoms with Crippen molar-refractivity contribution in [3.63, 3.8) is 0 Å². The van der Waals surface area contributed by atoms with Gasteiger partial charge in [-0.25, -0.2) is 0 Å². The molecule has 0 saturated carbocycles.